The molecule has 0 aliphatic rings. The van der Waals surface area contributed by atoms with Crippen molar-refractivity contribution in [2.45, 2.75) is 6.92 Å². The third kappa shape index (κ3) is 4.18. The van der Waals surface area contributed by atoms with Crippen molar-refractivity contribution in [2.24, 2.45) is 0 Å². The van der Waals surface area contributed by atoms with E-state index in [1.54, 1.807) is 23.1 Å². The van der Waals surface area contributed by atoms with Gasteiger partial charge in [-0.3, -0.25) is 4.79 Å². The van der Waals surface area contributed by atoms with Crippen LogP contribution in [0, 0.1) is 6.92 Å². The van der Waals surface area contributed by atoms with Crippen LogP contribution in [0.25, 0.3) is 33.5 Å². The molecule has 2 aromatic carbocycles. The highest BCUT2D eigenvalue weighted by Crippen LogP contribution is 2.25. The fraction of sp³-hybridized carbons (Fsp3) is 0.185. The molecule has 38 heavy (non-hydrogen) atoms. The molecular formula is C27H25N9O2. The summed E-state index contributed by atoms with van der Waals surface area (Å²) in [6, 6.07) is 15.1. The number of hydrogen-bond acceptors (Lipinski definition) is 9. The van der Waals surface area contributed by atoms with E-state index in [4.69, 9.17) is 9.72 Å². The third-order valence-electron chi connectivity index (χ3n) is 6.15. The summed E-state index contributed by atoms with van der Waals surface area (Å²) in [7, 11) is 4.02. The summed E-state index contributed by atoms with van der Waals surface area (Å²) >= 11 is 0. The van der Waals surface area contributed by atoms with Gasteiger partial charge < -0.3 is 15.0 Å². The number of para-hydroxylation sites is 1. The molecule has 0 fully saturated rings. The van der Waals surface area contributed by atoms with Crippen LogP contribution >= 0.6 is 0 Å². The Morgan fingerprint density at radius 3 is 2.58 bits per heavy atom. The number of aryl methyl sites for hydroxylation is 1. The van der Waals surface area contributed by atoms with Gasteiger partial charge in [-0.05, 0) is 63.0 Å². The van der Waals surface area contributed by atoms with Crippen molar-refractivity contribution in [2.75, 3.05) is 32.6 Å². The highest BCUT2D eigenvalue weighted by Gasteiger charge is 2.19. The number of aromatic nitrogens is 7. The van der Waals surface area contributed by atoms with Crippen molar-refractivity contribution in [3.8, 4) is 11.7 Å². The van der Waals surface area contributed by atoms with E-state index in [0.29, 0.717) is 29.8 Å². The van der Waals surface area contributed by atoms with Crippen molar-refractivity contribution in [3.63, 3.8) is 0 Å². The van der Waals surface area contributed by atoms with Gasteiger partial charge in [0.25, 0.3) is 5.56 Å². The molecule has 4 aromatic heterocycles. The van der Waals surface area contributed by atoms with Crippen LogP contribution in [0.15, 0.2) is 71.9 Å². The maximum Gasteiger partial charge on any atom is 0.284 e. The first kappa shape index (κ1) is 23.5. The minimum absolute atomic E-state index is 0.286. The number of nitrogens with one attached hydrogen (secondary N) is 1. The van der Waals surface area contributed by atoms with Crippen molar-refractivity contribution in [3.05, 3.63) is 83.0 Å². The van der Waals surface area contributed by atoms with Gasteiger partial charge in [-0.15, -0.1) is 0 Å². The van der Waals surface area contributed by atoms with E-state index in [1.807, 2.05) is 63.5 Å². The van der Waals surface area contributed by atoms with Gasteiger partial charge in [0.1, 0.15) is 17.7 Å². The standard InChI is InChI=1S/C27H25N9O2/c1-17-15-18(9-10-22(17)38-14-13-34(2)3)31-26-30-16-20-23(33-26)32-24-19-7-4-5-8-21(19)35(36(24)25(20)37)27-28-11-6-12-29-27/h4-12,15-16H,13-14H2,1-3H3,(H,30,31,33). The summed E-state index contributed by atoms with van der Waals surface area (Å²) in [5, 5.41) is 4.28. The Morgan fingerprint density at radius 1 is 0.974 bits per heavy atom. The summed E-state index contributed by atoms with van der Waals surface area (Å²) < 4.78 is 9.01. The smallest absolute Gasteiger partial charge is 0.284 e. The number of nitrogens with zero attached hydrogens (tertiary/aromatic N) is 8. The number of rotatable bonds is 7. The summed E-state index contributed by atoms with van der Waals surface area (Å²) in [6.45, 7) is 3.43. The van der Waals surface area contributed by atoms with Crippen LogP contribution in [-0.2, 0) is 0 Å². The second-order valence-electron chi connectivity index (χ2n) is 9.12. The Hall–Kier alpha value is -4.90. The predicted molar refractivity (Wildman–Crippen MR) is 145 cm³/mol. The third-order valence-corrected chi connectivity index (χ3v) is 6.15. The van der Waals surface area contributed by atoms with Crippen LogP contribution in [0.2, 0.25) is 0 Å². The molecule has 0 aliphatic carbocycles. The van der Waals surface area contributed by atoms with Gasteiger partial charge in [-0.25, -0.2) is 24.6 Å². The Kier molecular flexibility index (Phi) is 5.89. The van der Waals surface area contributed by atoms with Gasteiger partial charge in [0.2, 0.25) is 11.9 Å². The zero-order valence-electron chi connectivity index (χ0n) is 21.2. The van der Waals surface area contributed by atoms with Gasteiger partial charge in [0.05, 0.1) is 5.52 Å². The number of anilines is 2. The van der Waals surface area contributed by atoms with Crippen molar-refractivity contribution in [1.29, 1.82) is 0 Å². The highest BCUT2D eigenvalue weighted by atomic mass is 16.5. The van der Waals surface area contributed by atoms with E-state index in [2.05, 4.69) is 30.2 Å². The van der Waals surface area contributed by atoms with E-state index in [0.717, 1.165) is 34.4 Å². The summed E-state index contributed by atoms with van der Waals surface area (Å²) in [4.78, 5) is 38.2. The maximum absolute atomic E-state index is 13.7. The fourth-order valence-electron chi connectivity index (χ4n) is 4.30. The quantitative estimate of drug-likeness (QED) is 0.347. The molecule has 0 amide bonds. The Morgan fingerprint density at radius 2 is 1.79 bits per heavy atom. The zero-order valence-corrected chi connectivity index (χ0v) is 21.2. The largest absolute Gasteiger partial charge is 0.492 e. The molecule has 0 bridgehead atoms. The van der Waals surface area contributed by atoms with E-state index in [1.165, 1.54) is 10.7 Å². The van der Waals surface area contributed by atoms with Crippen molar-refractivity contribution >= 4 is 39.2 Å². The molecule has 0 aliphatic heterocycles. The Balaban J connectivity index is 1.40. The van der Waals surface area contributed by atoms with Crippen LogP contribution in [0.4, 0.5) is 11.6 Å². The number of likely N-dealkylation sites (N-methyl/N-ethyl adjacent to an activating group) is 1. The molecule has 11 heteroatoms. The minimum Gasteiger partial charge on any atom is -0.492 e. The molecule has 0 unspecified atom stereocenters. The molecule has 190 valence electrons. The molecule has 11 nitrogen and oxygen atoms in total. The lowest BCUT2D eigenvalue weighted by molar-refractivity contribution is 0.260. The van der Waals surface area contributed by atoms with Gasteiger partial charge in [0.15, 0.2) is 11.3 Å². The molecule has 0 saturated carbocycles. The summed E-state index contributed by atoms with van der Waals surface area (Å²) in [5.41, 5.74) is 3.00. The minimum atomic E-state index is -0.310. The number of benzene rings is 2. The first-order chi connectivity index (χ1) is 18.5. The number of fused-ring (bicyclic) bond motifs is 4. The maximum atomic E-state index is 13.7. The van der Waals surface area contributed by atoms with E-state index in [9.17, 15) is 4.79 Å². The molecule has 6 rings (SSSR count). The van der Waals surface area contributed by atoms with Crippen LogP contribution in [0.3, 0.4) is 0 Å². The predicted octanol–water partition coefficient (Wildman–Crippen LogP) is 3.36. The second-order valence-corrected chi connectivity index (χ2v) is 9.12. The molecule has 0 radical (unpaired) electrons. The van der Waals surface area contributed by atoms with Crippen molar-refractivity contribution in [1.82, 2.24) is 39.0 Å². The second kappa shape index (κ2) is 9.52. The molecular weight excluding hydrogens is 482 g/mol. The first-order valence-corrected chi connectivity index (χ1v) is 12.1. The molecule has 0 spiro atoms. The van der Waals surface area contributed by atoms with Gasteiger partial charge in [-0.1, -0.05) is 12.1 Å². The zero-order chi connectivity index (χ0) is 26.2. The summed E-state index contributed by atoms with van der Waals surface area (Å²) in [5.74, 6) is 1.53. The normalized spacial score (nSPS) is 11.6. The molecule has 4 heterocycles. The molecule has 0 saturated heterocycles. The van der Waals surface area contributed by atoms with Crippen LogP contribution in [-0.4, -0.2) is 66.3 Å². The first-order valence-electron chi connectivity index (χ1n) is 12.1. The average molecular weight is 508 g/mol. The van der Waals surface area contributed by atoms with Gasteiger partial charge >= 0.3 is 0 Å². The Labute approximate surface area is 217 Å². The lowest BCUT2D eigenvalue weighted by atomic mass is 10.2. The topological polar surface area (TPSA) is 115 Å². The van der Waals surface area contributed by atoms with Crippen molar-refractivity contribution < 1.29 is 4.74 Å². The highest BCUT2D eigenvalue weighted by molar-refractivity contribution is 5.95. The van der Waals surface area contributed by atoms with Gasteiger partial charge in [-0.2, -0.15) is 9.50 Å². The lowest BCUT2D eigenvalue weighted by Crippen LogP contribution is -2.22. The monoisotopic (exact) mass is 507 g/mol. The Bertz CT molecular complexity index is 1850. The van der Waals surface area contributed by atoms with E-state index < -0.39 is 0 Å². The molecule has 1 N–H and O–H groups in total. The summed E-state index contributed by atoms with van der Waals surface area (Å²) in [6.07, 6.45) is 4.76. The van der Waals surface area contributed by atoms with E-state index in [-0.39, 0.29) is 10.9 Å². The van der Waals surface area contributed by atoms with Crippen LogP contribution < -0.4 is 15.6 Å². The average Bonchev–Trinajstić information content (AvgIpc) is 3.25. The van der Waals surface area contributed by atoms with Crippen LogP contribution in [0.1, 0.15) is 5.56 Å². The lowest BCUT2D eigenvalue weighted by Gasteiger charge is -2.14. The number of ether oxygens (including phenoxy) is 1. The molecule has 6 aromatic rings. The molecule has 0 atom stereocenters. The number of hydrogen-bond donors (Lipinski definition) is 1. The van der Waals surface area contributed by atoms with Crippen LogP contribution in [0.5, 0.6) is 5.75 Å². The van der Waals surface area contributed by atoms with Gasteiger partial charge in [0, 0.05) is 36.2 Å². The SMILES string of the molecule is Cc1cc(Nc2ncc3c(=O)n4c(nc3n2)c2ccccc2n4-c2ncccn2)ccc1OCCN(C)C. The van der Waals surface area contributed by atoms with E-state index >= 15 is 0 Å². The fourth-order valence-corrected chi connectivity index (χ4v) is 4.30.